The van der Waals surface area contributed by atoms with E-state index in [0.29, 0.717) is 16.5 Å². The number of imidazole rings is 1. The maximum Gasteiger partial charge on any atom is 0.161 e. The monoisotopic (exact) mass is 288 g/mol. The van der Waals surface area contributed by atoms with Gasteiger partial charge in [0.2, 0.25) is 0 Å². The number of halogens is 1. The number of fused-ring (bicyclic) bond motifs is 1. The first-order valence-corrected chi connectivity index (χ1v) is 6.46. The van der Waals surface area contributed by atoms with Gasteiger partial charge in [0.1, 0.15) is 5.82 Å². The normalized spacial score (nSPS) is 10.8. The Morgan fingerprint density at radius 2 is 1.80 bits per heavy atom. The molecule has 4 nitrogen and oxygen atoms in total. The Morgan fingerprint density at radius 3 is 2.55 bits per heavy atom. The molecule has 3 rings (SSSR count). The van der Waals surface area contributed by atoms with Crippen molar-refractivity contribution in [2.75, 3.05) is 14.2 Å². The minimum Gasteiger partial charge on any atom is -0.493 e. The molecule has 2 aromatic carbocycles. The second-order valence-corrected chi connectivity index (χ2v) is 4.75. The summed E-state index contributed by atoms with van der Waals surface area (Å²) >= 11 is 5.98. The van der Waals surface area contributed by atoms with Crippen LogP contribution in [0.25, 0.3) is 22.4 Å². The van der Waals surface area contributed by atoms with Crippen molar-refractivity contribution in [2.45, 2.75) is 0 Å². The lowest BCUT2D eigenvalue weighted by Crippen LogP contribution is -1.91. The summed E-state index contributed by atoms with van der Waals surface area (Å²) in [6, 6.07) is 11.2. The topological polar surface area (TPSA) is 47.1 Å². The fourth-order valence-corrected chi connectivity index (χ4v) is 2.27. The van der Waals surface area contributed by atoms with Crippen molar-refractivity contribution in [3.8, 4) is 22.9 Å². The molecule has 0 unspecified atom stereocenters. The number of nitrogens with one attached hydrogen (secondary N) is 1. The standard InChI is InChI=1S/C15H13ClN2O2/c1-19-13-6-3-9(7-14(13)20-2)15-17-11-5-4-10(16)8-12(11)18-15/h3-8H,1-2H3,(H,17,18). The number of hydrogen-bond acceptors (Lipinski definition) is 3. The highest BCUT2D eigenvalue weighted by Gasteiger charge is 2.09. The van der Waals surface area contributed by atoms with E-state index >= 15 is 0 Å². The van der Waals surface area contributed by atoms with Crippen LogP contribution in [0.1, 0.15) is 0 Å². The molecule has 0 aliphatic heterocycles. The van der Waals surface area contributed by atoms with E-state index in [4.69, 9.17) is 21.1 Å². The lowest BCUT2D eigenvalue weighted by Gasteiger charge is -2.08. The van der Waals surface area contributed by atoms with Gasteiger partial charge < -0.3 is 14.5 Å². The summed E-state index contributed by atoms with van der Waals surface area (Å²) in [5.41, 5.74) is 2.71. The summed E-state index contributed by atoms with van der Waals surface area (Å²) in [6.07, 6.45) is 0. The first-order valence-electron chi connectivity index (χ1n) is 6.09. The zero-order chi connectivity index (χ0) is 14.1. The molecule has 20 heavy (non-hydrogen) atoms. The zero-order valence-corrected chi connectivity index (χ0v) is 11.9. The molecule has 1 N–H and O–H groups in total. The van der Waals surface area contributed by atoms with Gasteiger partial charge in [-0.05, 0) is 36.4 Å². The third-order valence-corrected chi connectivity index (χ3v) is 3.34. The maximum absolute atomic E-state index is 5.98. The van der Waals surface area contributed by atoms with Gasteiger partial charge in [-0.3, -0.25) is 0 Å². The van der Waals surface area contributed by atoms with Crippen LogP contribution in [-0.2, 0) is 0 Å². The summed E-state index contributed by atoms with van der Waals surface area (Å²) in [6.45, 7) is 0. The van der Waals surface area contributed by atoms with Crippen molar-refractivity contribution in [1.29, 1.82) is 0 Å². The van der Waals surface area contributed by atoms with Crippen LogP contribution >= 0.6 is 11.6 Å². The predicted molar refractivity (Wildman–Crippen MR) is 79.6 cm³/mol. The minimum atomic E-state index is 0.670. The molecule has 1 aromatic heterocycles. The molecule has 102 valence electrons. The minimum absolute atomic E-state index is 0.670. The third kappa shape index (κ3) is 2.18. The molecular weight excluding hydrogens is 276 g/mol. The molecule has 0 saturated heterocycles. The molecule has 0 aliphatic rings. The van der Waals surface area contributed by atoms with E-state index in [9.17, 15) is 0 Å². The van der Waals surface area contributed by atoms with Crippen molar-refractivity contribution < 1.29 is 9.47 Å². The fourth-order valence-electron chi connectivity index (χ4n) is 2.10. The van der Waals surface area contributed by atoms with Crippen LogP contribution in [0.5, 0.6) is 11.5 Å². The number of H-pyrrole nitrogens is 1. The van der Waals surface area contributed by atoms with Crippen molar-refractivity contribution in [2.24, 2.45) is 0 Å². The van der Waals surface area contributed by atoms with Gasteiger partial charge in [0, 0.05) is 10.6 Å². The van der Waals surface area contributed by atoms with E-state index in [-0.39, 0.29) is 0 Å². The predicted octanol–water partition coefficient (Wildman–Crippen LogP) is 3.90. The zero-order valence-electron chi connectivity index (χ0n) is 11.1. The molecule has 0 radical (unpaired) electrons. The number of rotatable bonds is 3. The lowest BCUT2D eigenvalue weighted by atomic mass is 10.2. The summed E-state index contributed by atoms with van der Waals surface area (Å²) in [4.78, 5) is 7.79. The summed E-state index contributed by atoms with van der Waals surface area (Å²) in [5, 5.41) is 0.681. The molecule has 0 atom stereocenters. The number of nitrogens with zero attached hydrogens (tertiary/aromatic N) is 1. The van der Waals surface area contributed by atoms with Crippen LogP contribution < -0.4 is 9.47 Å². The van der Waals surface area contributed by atoms with Crippen LogP contribution in [0.15, 0.2) is 36.4 Å². The summed E-state index contributed by atoms with van der Waals surface area (Å²) < 4.78 is 10.5. The quantitative estimate of drug-likeness (QED) is 0.795. The van der Waals surface area contributed by atoms with E-state index in [0.717, 1.165) is 22.4 Å². The second kappa shape index (κ2) is 5.06. The molecule has 0 amide bonds. The molecule has 0 bridgehead atoms. The van der Waals surface area contributed by atoms with Gasteiger partial charge in [-0.1, -0.05) is 11.6 Å². The van der Waals surface area contributed by atoms with Crippen LogP contribution in [-0.4, -0.2) is 24.2 Å². The largest absolute Gasteiger partial charge is 0.493 e. The van der Waals surface area contributed by atoms with Crippen molar-refractivity contribution in [3.05, 3.63) is 41.4 Å². The van der Waals surface area contributed by atoms with Gasteiger partial charge in [0.15, 0.2) is 11.5 Å². The number of aromatic amines is 1. The molecule has 5 heteroatoms. The fraction of sp³-hybridized carbons (Fsp3) is 0.133. The second-order valence-electron chi connectivity index (χ2n) is 4.32. The van der Waals surface area contributed by atoms with E-state index in [1.54, 1.807) is 14.2 Å². The van der Waals surface area contributed by atoms with E-state index in [2.05, 4.69) is 9.97 Å². The number of benzene rings is 2. The molecular formula is C15H13ClN2O2. The molecule has 3 aromatic rings. The Kier molecular flexibility index (Phi) is 3.24. The summed E-state index contributed by atoms with van der Waals surface area (Å²) in [7, 11) is 3.22. The number of aromatic nitrogens is 2. The van der Waals surface area contributed by atoms with Crippen molar-refractivity contribution >= 4 is 22.6 Å². The molecule has 0 saturated carbocycles. The number of methoxy groups -OCH3 is 2. The highest BCUT2D eigenvalue weighted by molar-refractivity contribution is 6.31. The Labute approximate surface area is 121 Å². The van der Waals surface area contributed by atoms with Crippen LogP contribution in [0.4, 0.5) is 0 Å². The van der Waals surface area contributed by atoms with Crippen LogP contribution in [0, 0.1) is 0 Å². The number of ether oxygens (including phenoxy) is 2. The SMILES string of the molecule is COc1ccc(-c2nc3ccc(Cl)cc3[nH]2)cc1OC. The first kappa shape index (κ1) is 12.8. The Morgan fingerprint density at radius 1 is 1.00 bits per heavy atom. The molecule has 1 heterocycles. The Balaban J connectivity index is 2.10. The molecule has 0 spiro atoms. The van der Waals surface area contributed by atoms with Gasteiger partial charge in [0.25, 0.3) is 0 Å². The van der Waals surface area contributed by atoms with Gasteiger partial charge in [-0.2, -0.15) is 0 Å². The molecule has 0 fully saturated rings. The van der Waals surface area contributed by atoms with Gasteiger partial charge in [-0.15, -0.1) is 0 Å². The number of hydrogen-bond donors (Lipinski definition) is 1. The van der Waals surface area contributed by atoms with E-state index in [1.165, 1.54) is 0 Å². The van der Waals surface area contributed by atoms with E-state index < -0.39 is 0 Å². The van der Waals surface area contributed by atoms with E-state index in [1.807, 2.05) is 36.4 Å². The van der Waals surface area contributed by atoms with Crippen molar-refractivity contribution in [3.63, 3.8) is 0 Å². The molecule has 0 aliphatic carbocycles. The average molecular weight is 289 g/mol. The highest BCUT2D eigenvalue weighted by Crippen LogP contribution is 2.32. The highest BCUT2D eigenvalue weighted by atomic mass is 35.5. The van der Waals surface area contributed by atoms with Crippen LogP contribution in [0.2, 0.25) is 5.02 Å². The Hall–Kier alpha value is -2.20. The smallest absolute Gasteiger partial charge is 0.161 e. The van der Waals surface area contributed by atoms with Gasteiger partial charge >= 0.3 is 0 Å². The summed E-state index contributed by atoms with van der Waals surface area (Å²) in [5.74, 6) is 2.13. The third-order valence-electron chi connectivity index (χ3n) is 3.10. The lowest BCUT2D eigenvalue weighted by molar-refractivity contribution is 0.355. The Bertz CT molecular complexity index is 768. The van der Waals surface area contributed by atoms with Crippen LogP contribution in [0.3, 0.4) is 0 Å². The van der Waals surface area contributed by atoms with Gasteiger partial charge in [0.05, 0.1) is 25.3 Å². The first-order chi connectivity index (χ1) is 9.71. The maximum atomic E-state index is 5.98. The van der Waals surface area contributed by atoms with Crippen molar-refractivity contribution in [1.82, 2.24) is 9.97 Å². The van der Waals surface area contributed by atoms with Gasteiger partial charge in [-0.25, -0.2) is 4.98 Å². The average Bonchev–Trinajstić information content (AvgIpc) is 2.89.